The molecule has 13 heteroatoms. The van der Waals surface area contributed by atoms with Crippen LogP contribution in [0, 0.1) is 0 Å². The van der Waals surface area contributed by atoms with E-state index >= 15 is 0 Å². The Hall–Kier alpha value is -3.59. The van der Waals surface area contributed by atoms with Gasteiger partial charge in [-0.2, -0.15) is 0 Å². The maximum absolute atomic E-state index is 13.8. The maximum Gasteiger partial charge on any atom is 0.243 e. The molecule has 3 rings (SSSR count). The Labute approximate surface area is 284 Å². The summed E-state index contributed by atoms with van der Waals surface area (Å²) in [5, 5.41) is 45.4. The number of fused-ring (bicyclic) bond motifs is 5. The van der Waals surface area contributed by atoms with E-state index in [1.165, 1.54) is 0 Å². The number of nitrogens with one attached hydrogen (secondary N) is 8. The van der Waals surface area contributed by atoms with Crippen molar-refractivity contribution in [3.63, 3.8) is 0 Å². The minimum Gasteiger partial charge on any atom is -0.508 e. The Morgan fingerprint density at radius 3 is 2.33 bits per heavy atom. The van der Waals surface area contributed by atoms with Crippen LogP contribution in [0.1, 0.15) is 36.8 Å². The summed E-state index contributed by atoms with van der Waals surface area (Å²) < 4.78 is 0. The van der Waals surface area contributed by atoms with Gasteiger partial charge >= 0.3 is 0 Å². The predicted molar refractivity (Wildman–Crippen MR) is 189 cm³/mol. The first kappa shape index (κ1) is 38.9. The second kappa shape index (κ2) is 20.7. The summed E-state index contributed by atoms with van der Waals surface area (Å²) in [6.45, 7) is 2.30. The average Bonchev–Trinajstić information content (AvgIpc) is 3.09. The molecule has 13 nitrogen and oxygen atoms in total. The zero-order valence-electron chi connectivity index (χ0n) is 28.8. The number of aliphatic hydroxyl groups is 1. The Kier molecular flexibility index (Phi) is 16.8. The molecule has 0 saturated carbocycles. The number of amides is 3. The van der Waals surface area contributed by atoms with Crippen molar-refractivity contribution in [3.05, 3.63) is 53.6 Å². The molecule has 48 heavy (non-hydrogen) atoms. The first-order chi connectivity index (χ1) is 23.2. The number of aromatic hydroxyl groups is 1. The van der Waals surface area contributed by atoms with E-state index in [4.69, 9.17) is 0 Å². The van der Waals surface area contributed by atoms with Gasteiger partial charge in [-0.1, -0.05) is 30.3 Å². The Balaban J connectivity index is 1.89. The lowest BCUT2D eigenvalue weighted by Gasteiger charge is -2.27. The standard InChI is InChI=1S/C35H56N8O5/c1-36-14-6-10-27(38-3)20-40-21-28(22-44)41-35(48)31-17-23-8-5-9-24(16-23)25-12-13-32(45)26(18-25)19-30(39-4)34(47)42-29(33(46)43-31)11-7-15-37-2/h5,8-9,12-13,16,18,27-31,36-40,44-45H,6-7,10-11,14-15,17,19-22H2,1-4H3,(H,41,48)(H,42,47)(H,43,46)/t27-,28+,29-,30-,31-/m0/s1. The van der Waals surface area contributed by atoms with Gasteiger partial charge in [-0.25, -0.2) is 0 Å². The molecule has 1 aliphatic rings. The van der Waals surface area contributed by atoms with Crippen molar-refractivity contribution in [2.45, 2.75) is 68.7 Å². The third kappa shape index (κ3) is 12.1. The number of likely N-dealkylation sites (N-methyl/N-ethyl adjacent to an activating group) is 2. The third-order valence-electron chi connectivity index (χ3n) is 8.79. The van der Waals surface area contributed by atoms with E-state index in [0.29, 0.717) is 38.0 Å². The molecule has 0 saturated heterocycles. The molecule has 0 radical (unpaired) electrons. The number of hydrogen-bond donors (Lipinski definition) is 10. The van der Waals surface area contributed by atoms with Gasteiger partial charge in [0.1, 0.15) is 17.8 Å². The van der Waals surface area contributed by atoms with Gasteiger partial charge in [-0.3, -0.25) is 14.4 Å². The molecular weight excluding hydrogens is 612 g/mol. The average molecular weight is 669 g/mol. The van der Waals surface area contributed by atoms with Gasteiger partial charge in [0.25, 0.3) is 0 Å². The minimum atomic E-state index is -0.974. The summed E-state index contributed by atoms with van der Waals surface area (Å²) in [5.74, 6) is -1.21. The highest BCUT2D eigenvalue weighted by atomic mass is 16.3. The van der Waals surface area contributed by atoms with E-state index in [1.807, 2.05) is 57.5 Å². The van der Waals surface area contributed by atoms with E-state index in [1.54, 1.807) is 13.1 Å². The van der Waals surface area contributed by atoms with E-state index in [0.717, 1.165) is 36.1 Å². The summed E-state index contributed by atoms with van der Waals surface area (Å²) in [6, 6.07) is 10.1. The molecule has 2 aromatic carbocycles. The fourth-order valence-electron chi connectivity index (χ4n) is 5.86. The van der Waals surface area contributed by atoms with Crippen molar-refractivity contribution in [1.82, 2.24) is 42.5 Å². The molecule has 0 unspecified atom stereocenters. The van der Waals surface area contributed by atoms with Crippen LogP contribution < -0.4 is 42.5 Å². The number of rotatable bonds is 17. The summed E-state index contributed by atoms with van der Waals surface area (Å²) in [5.41, 5.74) is 3.13. The number of carbonyl (C=O) groups excluding carboxylic acids is 3. The molecule has 2 aromatic rings. The second-order valence-corrected chi connectivity index (χ2v) is 12.4. The number of hydrogen-bond acceptors (Lipinski definition) is 10. The monoisotopic (exact) mass is 668 g/mol. The summed E-state index contributed by atoms with van der Waals surface area (Å²) in [4.78, 5) is 41.1. The molecule has 0 aromatic heterocycles. The summed E-state index contributed by atoms with van der Waals surface area (Å²) >= 11 is 0. The van der Waals surface area contributed by atoms with E-state index in [9.17, 15) is 24.6 Å². The van der Waals surface area contributed by atoms with Gasteiger partial charge in [0.2, 0.25) is 17.7 Å². The van der Waals surface area contributed by atoms with Gasteiger partial charge in [0.05, 0.1) is 18.7 Å². The number of aliphatic hydroxyl groups excluding tert-OH is 1. The fraction of sp³-hybridized carbons (Fsp3) is 0.571. The van der Waals surface area contributed by atoms with Crippen molar-refractivity contribution >= 4 is 17.7 Å². The summed E-state index contributed by atoms with van der Waals surface area (Å²) in [7, 11) is 7.32. The van der Waals surface area contributed by atoms with Crippen molar-refractivity contribution in [2.75, 3.05) is 61.0 Å². The smallest absolute Gasteiger partial charge is 0.243 e. The van der Waals surface area contributed by atoms with Crippen LogP contribution in [0.25, 0.3) is 11.1 Å². The van der Waals surface area contributed by atoms with Gasteiger partial charge < -0.3 is 52.7 Å². The SMILES string of the molecule is CNCCC[C@@H](CNC[C@H](CO)NC(=O)[C@@H]1Cc2cccc(c2)-c2ccc(O)c(c2)C[C@H](NC)C(=O)N[C@@H](CCCNC)C(=O)N1)NC. The van der Waals surface area contributed by atoms with Crippen LogP contribution in [0.2, 0.25) is 0 Å². The molecule has 266 valence electrons. The van der Waals surface area contributed by atoms with Gasteiger partial charge in [0, 0.05) is 32.0 Å². The number of benzene rings is 2. The highest BCUT2D eigenvalue weighted by Gasteiger charge is 2.30. The Morgan fingerprint density at radius 2 is 1.62 bits per heavy atom. The molecule has 3 amide bonds. The quantitative estimate of drug-likeness (QED) is 0.0973. The lowest BCUT2D eigenvalue weighted by molar-refractivity contribution is -0.133. The van der Waals surface area contributed by atoms with Crippen LogP contribution >= 0.6 is 0 Å². The molecule has 0 spiro atoms. The maximum atomic E-state index is 13.8. The molecule has 0 fully saturated rings. The largest absolute Gasteiger partial charge is 0.508 e. The molecule has 1 aliphatic heterocycles. The number of phenols is 1. The Bertz CT molecular complexity index is 1310. The van der Waals surface area contributed by atoms with Crippen LogP contribution in [0.15, 0.2) is 42.5 Å². The topological polar surface area (TPSA) is 188 Å². The Morgan fingerprint density at radius 1 is 0.896 bits per heavy atom. The first-order valence-corrected chi connectivity index (χ1v) is 17.0. The van der Waals surface area contributed by atoms with Crippen molar-refractivity contribution in [3.8, 4) is 16.9 Å². The number of phenolic OH excluding ortho intramolecular Hbond substituents is 1. The lowest BCUT2D eigenvalue weighted by atomic mass is 9.96. The molecule has 0 aliphatic carbocycles. The highest BCUT2D eigenvalue weighted by Crippen LogP contribution is 2.28. The highest BCUT2D eigenvalue weighted by molar-refractivity contribution is 5.93. The van der Waals surface area contributed by atoms with Crippen LogP contribution in [0.4, 0.5) is 0 Å². The zero-order valence-corrected chi connectivity index (χ0v) is 28.8. The van der Waals surface area contributed by atoms with Crippen LogP contribution in [0.3, 0.4) is 0 Å². The second-order valence-electron chi connectivity index (χ2n) is 12.4. The number of carbonyl (C=O) groups is 3. The van der Waals surface area contributed by atoms with Crippen LogP contribution in [0.5, 0.6) is 5.75 Å². The van der Waals surface area contributed by atoms with E-state index in [2.05, 4.69) is 42.5 Å². The van der Waals surface area contributed by atoms with Crippen LogP contribution in [-0.4, -0.2) is 119 Å². The van der Waals surface area contributed by atoms with Crippen molar-refractivity contribution in [1.29, 1.82) is 0 Å². The molecular formula is C35H56N8O5. The molecule has 10 N–H and O–H groups in total. The predicted octanol–water partition coefficient (Wildman–Crippen LogP) is -0.631. The van der Waals surface area contributed by atoms with E-state index < -0.39 is 36.0 Å². The van der Waals surface area contributed by atoms with Crippen molar-refractivity contribution in [2.24, 2.45) is 0 Å². The molecule has 5 atom stereocenters. The van der Waals surface area contributed by atoms with Gasteiger partial charge in [-0.05, 0) is 101 Å². The lowest BCUT2D eigenvalue weighted by Crippen LogP contribution is -2.58. The van der Waals surface area contributed by atoms with Gasteiger partial charge in [0.15, 0.2) is 0 Å². The third-order valence-corrected chi connectivity index (χ3v) is 8.79. The fourth-order valence-corrected chi connectivity index (χ4v) is 5.86. The molecule has 4 bridgehead atoms. The van der Waals surface area contributed by atoms with E-state index in [-0.39, 0.29) is 37.1 Å². The normalized spacial score (nSPS) is 19.7. The van der Waals surface area contributed by atoms with Crippen LogP contribution in [-0.2, 0) is 27.2 Å². The van der Waals surface area contributed by atoms with Gasteiger partial charge in [-0.15, -0.1) is 0 Å². The minimum absolute atomic E-state index is 0.0792. The zero-order chi connectivity index (χ0) is 34.9. The first-order valence-electron chi connectivity index (χ1n) is 17.0. The van der Waals surface area contributed by atoms with Crippen molar-refractivity contribution < 1.29 is 24.6 Å². The molecule has 1 heterocycles. The summed E-state index contributed by atoms with van der Waals surface area (Å²) in [6.07, 6.45) is 3.35.